The minimum atomic E-state index is -0.0826. The highest BCUT2D eigenvalue weighted by molar-refractivity contribution is 7.15. The SMILES string of the molecule is CCC(C)(CCO)Nc1nnc(C)s1. The molecule has 1 aromatic rings. The summed E-state index contributed by atoms with van der Waals surface area (Å²) in [7, 11) is 0. The molecule has 0 amide bonds. The first-order valence-electron chi connectivity index (χ1n) is 4.79. The number of rotatable bonds is 5. The molecule has 0 bridgehead atoms. The van der Waals surface area contributed by atoms with E-state index in [0.29, 0.717) is 0 Å². The molecule has 1 aromatic heterocycles. The van der Waals surface area contributed by atoms with E-state index >= 15 is 0 Å². The van der Waals surface area contributed by atoms with Gasteiger partial charge in [0, 0.05) is 12.1 Å². The summed E-state index contributed by atoms with van der Waals surface area (Å²) in [6.45, 7) is 6.30. The number of nitrogens with one attached hydrogen (secondary N) is 1. The lowest BCUT2D eigenvalue weighted by Crippen LogP contribution is -2.34. The van der Waals surface area contributed by atoms with Gasteiger partial charge in [0.25, 0.3) is 0 Å². The van der Waals surface area contributed by atoms with E-state index in [0.717, 1.165) is 23.0 Å². The van der Waals surface area contributed by atoms with Crippen molar-refractivity contribution in [2.45, 2.75) is 39.2 Å². The van der Waals surface area contributed by atoms with Crippen LogP contribution in [0.2, 0.25) is 0 Å². The molecule has 0 aliphatic carbocycles. The molecule has 2 N–H and O–H groups in total. The van der Waals surface area contributed by atoms with Crippen molar-refractivity contribution in [3.8, 4) is 0 Å². The highest BCUT2D eigenvalue weighted by Crippen LogP contribution is 2.23. The topological polar surface area (TPSA) is 58.0 Å². The predicted molar refractivity (Wildman–Crippen MR) is 58.7 cm³/mol. The van der Waals surface area contributed by atoms with E-state index in [9.17, 15) is 0 Å². The molecule has 0 spiro atoms. The molecule has 80 valence electrons. The van der Waals surface area contributed by atoms with E-state index in [1.165, 1.54) is 0 Å². The smallest absolute Gasteiger partial charge is 0.206 e. The second-order valence-corrected chi connectivity index (χ2v) is 4.82. The lowest BCUT2D eigenvalue weighted by Gasteiger charge is -2.28. The summed E-state index contributed by atoms with van der Waals surface area (Å²) in [5.41, 5.74) is -0.0826. The zero-order valence-electron chi connectivity index (χ0n) is 8.87. The molecule has 0 aliphatic heterocycles. The van der Waals surface area contributed by atoms with Gasteiger partial charge in [0.1, 0.15) is 5.01 Å². The van der Waals surface area contributed by atoms with Gasteiger partial charge in [-0.05, 0) is 26.7 Å². The zero-order chi connectivity index (χ0) is 10.6. The summed E-state index contributed by atoms with van der Waals surface area (Å²) in [5, 5.41) is 22.0. The Morgan fingerprint density at radius 2 is 2.21 bits per heavy atom. The minimum absolute atomic E-state index is 0.0826. The largest absolute Gasteiger partial charge is 0.396 e. The average molecular weight is 215 g/mol. The van der Waals surface area contributed by atoms with Crippen LogP contribution in [0.25, 0.3) is 0 Å². The maximum absolute atomic E-state index is 8.94. The molecule has 0 fully saturated rings. The first-order valence-corrected chi connectivity index (χ1v) is 5.60. The fraction of sp³-hybridized carbons (Fsp3) is 0.778. The molecule has 0 radical (unpaired) electrons. The summed E-state index contributed by atoms with van der Waals surface area (Å²) in [4.78, 5) is 0. The van der Waals surface area contributed by atoms with Gasteiger partial charge in [-0.25, -0.2) is 0 Å². The molecule has 1 heterocycles. The first-order chi connectivity index (χ1) is 6.59. The zero-order valence-corrected chi connectivity index (χ0v) is 9.69. The minimum Gasteiger partial charge on any atom is -0.396 e. The van der Waals surface area contributed by atoms with Gasteiger partial charge >= 0.3 is 0 Å². The maximum atomic E-state index is 8.94. The van der Waals surface area contributed by atoms with E-state index in [-0.39, 0.29) is 12.1 Å². The quantitative estimate of drug-likeness (QED) is 0.786. The van der Waals surface area contributed by atoms with Crippen molar-refractivity contribution in [1.82, 2.24) is 10.2 Å². The second kappa shape index (κ2) is 4.70. The molecule has 5 heteroatoms. The number of aliphatic hydroxyl groups is 1. The number of hydrogen-bond acceptors (Lipinski definition) is 5. The molecule has 0 aromatic carbocycles. The van der Waals surface area contributed by atoms with Crippen LogP contribution >= 0.6 is 11.3 Å². The fourth-order valence-corrected chi connectivity index (χ4v) is 1.92. The maximum Gasteiger partial charge on any atom is 0.206 e. The van der Waals surface area contributed by atoms with Crippen LogP contribution in [0.3, 0.4) is 0 Å². The second-order valence-electron chi connectivity index (χ2n) is 3.64. The van der Waals surface area contributed by atoms with Crippen LogP contribution < -0.4 is 5.32 Å². The van der Waals surface area contributed by atoms with Gasteiger partial charge in [-0.15, -0.1) is 10.2 Å². The molecular formula is C9H17N3OS. The molecule has 4 nitrogen and oxygen atoms in total. The van der Waals surface area contributed by atoms with Crippen molar-refractivity contribution in [2.24, 2.45) is 0 Å². The van der Waals surface area contributed by atoms with Gasteiger partial charge in [-0.2, -0.15) is 0 Å². The summed E-state index contributed by atoms with van der Waals surface area (Å²) in [5.74, 6) is 0. The molecule has 1 atom stereocenters. The van der Waals surface area contributed by atoms with Gasteiger partial charge in [-0.1, -0.05) is 18.3 Å². The van der Waals surface area contributed by atoms with Crippen molar-refractivity contribution < 1.29 is 5.11 Å². The van der Waals surface area contributed by atoms with Crippen LogP contribution in [0.4, 0.5) is 5.13 Å². The third-order valence-corrected chi connectivity index (χ3v) is 3.13. The van der Waals surface area contributed by atoms with E-state index in [2.05, 4.69) is 29.4 Å². The van der Waals surface area contributed by atoms with Gasteiger partial charge in [0.2, 0.25) is 5.13 Å². The summed E-state index contributed by atoms with van der Waals surface area (Å²) >= 11 is 1.54. The Hall–Kier alpha value is -0.680. The Kier molecular flexibility index (Phi) is 3.83. The summed E-state index contributed by atoms with van der Waals surface area (Å²) in [6.07, 6.45) is 1.67. The highest BCUT2D eigenvalue weighted by Gasteiger charge is 2.22. The van der Waals surface area contributed by atoms with E-state index in [4.69, 9.17) is 5.11 Å². The monoisotopic (exact) mass is 215 g/mol. The molecular weight excluding hydrogens is 198 g/mol. The van der Waals surface area contributed by atoms with Crippen LogP contribution in [0.5, 0.6) is 0 Å². The first kappa shape index (κ1) is 11.4. The van der Waals surface area contributed by atoms with Crippen LogP contribution in [0.1, 0.15) is 31.7 Å². The van der Waals surface area contributed by atoms with E-state index in [1.54, 1.807) is 11.3 Å². The van der Waals surface area contributed by atoms with Crippen LogP contribution in [-0.2, 0) is 0 Å². The van der Waals surface area contributed by atoms with Gasteiger partial charge in [0.15, 0.2) is 0 Å². The van der Waals surface area contributed by atoms with Crippen molar-refractivity contribution >= 4 is 16.5 Å². The van der Waals surface area contributed by atoms with Crippen molar-refractivity contribution in [3.05, 3.63) is 5.01 Å². The Labute approximate surface area is 88.4 Å². The lowest BCUT2D eigenvalue weighted by atomic mass is 9.95. The molecule has 1 rings (SSSR count). The molecule has 0 aliphatic rings. The standard InChI is InChI=1S/C9H17N3OS/c1-4-9(3,5-6-13)10-8-12-11-7(2)14-8/h13H,4-6H2,1-3H3,(H,10,12). The molecule has 0 saturated heterocycles. The van der Waals surface area contributed by atoms with E-state index in [1.807, 2.05) is 6.92 Å². The van der Waals surface area contributed by atoms with E-state index < -0.39 is 0 Å². The number of aliphatic hydroxyl groups excluding tert-OH is 1. The van der Waals surface area contributed by atoms with Crippen LogP contribution in [-0.4, -0.2) is 27.4 Å². The van der Waals surface area contributed by atoms with Crippen LogP contribution in [0, 0.1) is 6.92 Å². The van der Waals surface area contributed by atoms with Crippen LogP contribution in [0.15, 0.2) is 0 Å². The predicted octanol–water partition coefficient (Wildman–Crippen LogP) is 1.81. The Bertz CT molecular complexity index is 289. The highest BCUT2D eigenvalue weighted by atomic mass is 32.1. The van der Waals surface area contributed by atoms with Crippen molar-refractivity contribution in [3.63, 3.8) is 0 Å². The Morgan fingerprint density at radius 1 is 1.50 bits per heavy atom. The average Bonchev–Trinajstić information content (AvgIpc) is 2.51. The molecule has 1 unspecified atom stereocenters. The number of hydrogen-bond donors (Lipinski definition) is 2. The van der Waals surface area contributed by atoms with Crippen molar-refractivity contribution in [2.75, 3.05) is 11.9 Å². The number of aromatic nitrogens is 2. The summed E-state index contributed by atoms with van der Waals surface area (Å²) < 4.78 is 0. The normalized spacial score (nSPS) is 15.1. The summed E-state index contributed by atoms with van der Waals surface area (Å²) in [6, 6.07) is 0. The molecule has 0 saturated carbocycles. The van der Waals surface area contributed by atoms with Gasteiger partial charge in [-0.3, -0.25) is 0 Å². The van der Waals surface area contributed by atoms with Gasteiger partial charge < -0.3 is 10.4 Å². The number of nitrogens with zero attached hydrogens (tertiary/aromatic N) is 2. The molecule has 14 heavy (non-hydrogen) atoms. The van der Waals surface area contributed by atoms with Gasteiger partial charge in [0.05, 0.1) is 0 Å². The third kappa shape index (κ3) is 2.92. The number of anilines is 1. The number of aryl methyl sites for hydroxylation is 1. The Morgan fingerprint density at radius 3 is 2.64 bits per heavy atom. The Balaban J connectivity index is 2.64. The third-order valence-electron chi connectivity index (χ3n) is 2.38. The lowest BCUT2D eigenvalue weighted by molar-refractivity contribution is 0.252. The fourth-order valence-electron chi connectivity index (χ4n) is 1.18. The van der Waals surface area contributed by atoms with Crippen molar-refractivity contribution in [1.29, 1.82) is 0 Å².